The van der Waals surface area contributed by atoms with Crippen molar-refractivity contribution >= 4 is 57.3 Å². The Bertz CT molecular complexity index is 996. The van der Waals surface area contributed by atoms with Crippen LogP contribution in [0.5, 0.6) is 0 Å². The lowest BCUT2D eigenvalue weighted by atomic mass is 10.1. The van der Waals surface area contributed by atoms with Gasteiger partial charge in [-0.15, -0.1) is 24.0 Å². The van der Waals surface area contributed by atoms with Crippen LogP contribution in [0.1, 0.15) is 21.5 Å². The van der Waals surface area contributed by atoms with Gasteiger partial charge in [-0.25, -0.2) is 8.42 Å². The largest absolute Gasteiger partial charge is 0.355 e. The number of aryl methyl sites for hydroxylation is 1. The van der Waals surface area contributed by atoms with Crippen LogP contribution < -0.4 is 16.0 Å². The predicted molar refractivity (Wildman–Crippen MR) is 132 cm³/mol. The molecule has 0 atom stereocenters. The highest BCUT2D eigenvalue weighted by atomic mass is 127. The van der Waals surface area contributed by atoms with Gasteiger partial charge >= 0.3 is 0 Å². The third-order valence-electron chi connectivity index (χ3n) is 4.13. The van der Waals surface area contributed by atoms with Crippen LogP contribution in [0.25, 0.3) is 0 Å². The number of hydrogen-bond acceptors (Lipinski definition) is 4. The summed E-state index contributed by atoms with van der Waals surface area (Å²) in [6, 6.07) is 11.9. The van der Waals surface area contributed by atoms with Gasteiger partial charge in [-0.05, 0) is 48.4 Å². The molecule has 0 bridgehead atoms. The smallest absolute Gasteiger partial charge is 0.251 e. The van der Waals surface area contributed by atoms with Crippen LogP contribution in [0.3, 0.4) is 0 Å². The van der Waals surface area contributed by atoms with Crippen molar-refractivity contribution < 1.29 is 13.2 Å². The molecule has 2 rings (SSSR count). The minimum Gasteiger partial charge on any atom is -0.355 e. The molecule has 164 valence electrons. The Labute approximate surface area is 199 Å². The quantitative estimate of drug-likeness (QED) is 0.208. The highest BCUT2D eigenvalue weighted by Gasteiger charge is 2.11. The van der Waals surface area contributed by atoms with E-state index in [0.717, 1.165) is 5.56 Å². The molecule has 10 heteroatoms. The molecule has 3 N–H and O–H groups in total. The maximum atomic E-state index is 12.0. The highest BCUT2D eigenvalue weighted by molar-refractivity contribution is 14.0. The molecule has 30 heavy (non-hydrogen) atoms. The van der Waals surface area contributed by atoms with Gasteiger partial charge in [-0.3, -0.25) is 9.79 Å². The number of halogens is 2. The van der Waals surface area contributed by atoms with Gasteiger partial charge < -0.3 is 16.0 Å². The molecule has 0 radical (unpaired) electrons. The number of rotatable bonds is 7. The molecule has 0 saturated heterocycles. The average molecular weight is 565 g/mol. The molecule has 7 nitrogen and oxygen atoms in total. The predicted octanol–water partition coefficient (Wildman–Crippen LogP) is 2.76. The molecular formula is C20H26ClIN4O3S. The Kier molecular flexibility index (Phi) is 10.6. The SMILES string of the molecule is CN=C(NCCNC(=O)c1ccc(Cl)cc1)NCc1ccc(S(C)(=O)=O)c(C)c1.I. The van der Waals surface area contributed by atoms with Gasteiger partial charge in [0.1, 0.15) is 0 Å². The van der Waals surface area contributed by atoms with Crippen LogP contribution in [0.2, 0.25) is 5.02 Å². The maximum Gasteiger partial charge on any atom is 0.251 e. The van der Waals surface area contributed by atoms with E-state index in [0.29, 0.717) is 46.6 Å². The second-order valence-corrected chi connectivity index (χ2v) is 8.91. The minimum atomic E-state index is -3.23. The molecule has 0 spiro atoms. The van der Waals surface area contributed by atoms with Crippen LogP contribution in [0.4, 0.5) is 0 Å². The van der Waals surface area contributed by atoms with E-state index in [4.69, 9.17) is 11.6 Å². The summed E-state index contributed by atoms with van der Waals surface area (Å²) in [5.74, 6) is 0.406. The summed E-state index contributed by atoms with van der Waals surface area (Å²) in [5, 5.41) is 9.67. The fourth-order valence-electron chi connectivity index (χ4n) is 2.70. The van der Waals surface area contributed by atoms with Crippen LogP contribution in [0, 0.1) is 6.92 Å². The van der Waals surface area contributed by atoms with E-state index in [9.17, 15) is 13.2 Å². The molecule has 0 aliphatic carbocycles. The van der Waals surface area contributed by atoms with E-state index in [1.54, 1.807) is 50.4 Å². The standard InChI is InChI=1S/C20H25ClN4O3S.HI/c1-14-12-15(4-9-18(14)29(3,27)28)13-25-20(22-2)24-11-10-23-19(26)16-5-7-17(21)8-6-16;/h4-9,12H,10-11,13H2,1-3H3,(H,23,26)(H2,22,24,25);1H. The number of sulfone groups is 1. The molecule has 0 heterocycles. The number of nitrogens with one attached hydrogen (secondary N) is 3. The molecular weight excluding hydrogens is 539 g/mol. The normalized spacial score (nSPS) is 11.4. The molecule has 0 saturated carbocycles. The zero-order valence-electron chi connectivity index (χ0n) is 17.0. The van der Waals surface area contributed by atoms with Crippen molar-refractivity contribution in [2.24, 2.45) is 4.99 Å². The van der Waals surface area contributed by atoms with E-state index in [1.165, 1.54) is 6.26 Å². The summed E-state index contributed by atoms with van der Waals surface area (Å²) in [4.78, 5) is 16.5. The van der Waals surface area contributed by atoms with Crippen molar-refractivity contribution in [3.8, 4) is 0 Å². The number of amides is 1. The molecule has 0 aliphatic rings. The van der Waals surface area contributed by atoms with Crippen molar-refractivity contribution in [3.05, 3.63) is 64.2 Å². The van der Waals surface area contributed by atoms with E-state index in [1.807, 2.05) is 6.07 Å². The van der Waals surface area contributed by atoms with Crippen molar-refractivity contribution in [3.63, 3.8) is 0 Å². The first-order chi connectivity index (χ1) is 13.7. The number of nitrogens with zero attached hydrogens (tertiary/aromatic N) is 1. The fraction of sp³-hybridized carbons (Fsp3) is 0.300. The van der Waals surface area contributed by atoms with Gasteiger partial charge in [0, 0.05) is 43.5 Å². The van der Waals surface area contributed by atoms with Crippen molar-refractivity contribution in [2.75, 3.05) is 26.4 Å². The zero-order valence-corrected chi connectivity index (χ0v) is 20.9. The Hall–Kier alpha value is -1.85. The van der Waals surface area contributed by atoms with Gasteiger partial charge in [0.2, 0.25) is 0 Å². The number of benzene rings is 2. The van der Waals surface area contributed by atoms with Crippen molar-refractivity contribution in [1.82, 2.24) is 16.0 Å². The lowest BCUT2D eigenvalue weighted by Crippen LogP contribution is -2.41. The third kappa shape index (κ3) is 8.11. The number of hydrogen-bond donors (Lipinski definition) is 3. The molecule has 2 aromatic rings. The van der Waals surface area contributed by atoms with Gasteiger partial charge in [0.05, 0.1) is 4.90 Å². The Morgan fingerprint density at radius 2 is 1.67 bits per heavy atom. The Morgan fingerprint density at radius 3 is 2.23 bits per heavy atom. The molecule has 0 aliphatic heterocycles. The molecule has 0 unspecified atom stereocenters. The summed E-state index contributed by atoms with van der Waals surface area (Å²) < 4.78 is 23.4. The lowest BCUT2D eigenvalue weighted by Gasteiger charge is -2.13. The topological polar surface area (TPSA) is 99.7 Å². The highest BCUT2D eigenvalue weighted by Crippen LogP contribution is 2.16. The second-order valence-electron chi connectivity index (χ2n) is 6.49. The molecule has 0 fully saturated rings. The number of aliphatic imine (C=N–C) groups is 1. The van der Waals surface area contributed by atoms with Crippen LogP contribution in [-0.2, 0) is 16.4 Å². The van der Waals surface area contributed by atoms with Gasteiger partial charge in [0.25, 0.3) is 5.91 Å². The van der Waals surface area contributed by atoms with Gasteiger partial charge in [0.15, 0.2) is 15.8 Å². The number of carbonyl (C=O) groups is 1. The lowest BCUT2D eigenvalue weighted by molar-refractivity contribution is 0.0954. The van der Waals surface area contributed by atoms with Crippen LogP contribution in [-0.4, -0.2) is 46.7 Å². The van der Waals surface area contributed by atoms with E-state index in [2.05, 4.69) is 20.9 Å². The number of guanidine groups is 1. The maximum absolute atomic E-state index is 12.0. The molecule has 1 amide bonds. The molecule has 2 aromatic carbocycles. The van der Waals surface area contributed by atoms with E-state index in [-0.39, 0.29) is 29.9 Å². The first-order valence-corrected chi connectivity index (χ1v) is 11.3. The van der Waals surface area contributed by atoms with Crippen LogP contribution in [0.15, 0.2) is 52.4 Å². The fourth-order valence-corrected chi connectivity index (χ4v) is 3.79. The van der Waals surface area contributed by atoms with E-state index >= 15 is 0 Å². The first-order valence-electron chi connectivity index (χ1n) is 8.98. The third-order valence-corrected chi connectivity index (χ3v) is 5.64. The van der Waals surface area contributed by atoms with Crippen molar-refractivity contribution in [2.45, 2.75) is 18.4 Å². The monoisotopic (exact) mass is 564 g/mol. The second kappa shape index (κ2) is 12.1. The Morgan fingerprint density at radius 1 is 1.03 bits per heavy atom. The van der Waals surface area contributed by atoms with Crippen LogP contribution >= 0.6 is 35.6 Å². The summed E-state index contributed by atoms with van der Waals surface area (Å²) in [5.41, 5.74) is 2.19. The summed E-state index contributed by atoms with van der Waals surface area (Å²) >= 11 is 5.82. The van der Waals surface area contributed by atoms with Gasteiger partial charge in [-0.2, -0.15) is 0 Å². The summed E-state index contributed by atoms with van der Waals surface area (Å²) in [6.07, 6.45) is 1.20. The zero-order chi connectivity index (χ0) is 21.4. The summed E-state index contributed by atoms with van der Waals surface area (Å²) in [7, 11) is -1.58. The van der Waals surface area contributed by atoms with Gasteiger partial charge in [-0.1, -0.05) is 23.7 Å². The van der Waals surface area contributed by atoms with E-state index < -0.39 is 9.84 Å². The Balaban J connectivity index is 0.00000450. The average Bonchev–Trinajstić information content (AvgIpc) is 2.66. The first kappa shape index (κ1) is 26.2. The minimum absolute atomic E-state index is 0. The number of carbonyl (C=O) groups excluding carboxylic acids is 1. The molecule has 0 aromatic heterocycles. The summed E-state index contributed by atoms with van der Waals surface area (Å²) in [6.45, 7) is 3.17. The van der Waals surface area contributed by atoms with Crippen molar-refractivity contribution in [1.29, 1.82) is 0 Å².